The van der Waals surface area contributed by atoms with Crippen LogP contribution in [-0.4, -0.2) is 13.7 Å². The third-order valence-electron chi connectivity index (χ3n) is 4.01. The molecule has 0 aromatic heterocycles. The smallest absolute Gasteiger partial charge is 0.123 e. The average molecular weight is 285 g/mol. The molecule has 3 heteroatoms. The summed E-state index contributed by atoms with van der Waals surface area (Å²) in [6.07, 6.45) is 2.91. The maximum Gasteiger partial charge on any atom is 0.123 e. The second-order valence-corrected chi connectivity index (χ2v) is 5.49. The Hall–Kier alpha value is -1.87. The van der Waals surface area contributed by atoms with Crippen LogP contribution in [0.2, 0.25) is 0 Å². The molecule has 1 aliphatic heterocycles. The summed E-state index contributed by atoms with van der Waals surface area (Å²) in [7, 11) is 1.94. The molecule has 0 spiro atoms. The van der Waals surface area contributed by atoms with Gasteiger partial charge in [-0.15, -0.1) is 0 Å². The van der Waals surface area contributed by atoms with Crippen molar-refractivity contribution >= 4 is 0 Å². The van der Waals surface area contributed by atoms with E-state index >= 15 is 0 Å². The summed E-state index contributed by atoms with van der Waals surface area (Å²) in [4.78, 5) is 0. The molecule has 2 aromatic carbocycles. The first-order valence-corrected chi connectivity index (χ1v) is 7.43. The number of halogens is 1. The zero-order valence-corrected chi connectivity index (χ0v) is 12.2. The second kappa shape index (κ2) is 6.27. The zero-order valence-electron chi connectivity index (χ0n) is 12.2. The van der Waals surface area contributed by atoms with Gasteiger partial charge in [-0.05, 0) is 61.2 Å². The van der Waals surface area contributed by atoms with E-state index in [0.717, 1.165) is 37.2 Å². The molecule has 21 heavy (non-hydrogen) atoms. The molecule has 1 aliphatic rings. The van der Waals surface area contributed by atoms with E-state index in [1.807, 2.05) is 13.1 Å². The lowest BCUT2D eigenvalue weighted by molar-refractivity contribution is 0.288. The van der Waals surface area contributed by atoms with Crippen LogP contribution in [0, 0.1) is 5.82 Å². The molecule has 1 atom stereocenters. The van der Waals surface area contributed by atoms with Crippen molar-refractivity contribution in [1.82, 2.24) is 5.32 Å². The van der Waals surface area contributed by atoms with Crippen LogP contribution in [0.3, 0.4) is 0 Å². The van der Waals surface area contributed by atoms with Crippen LogP contribution in [0.5, 0.6) is 5.75 Å². The molecule has 0 radical (unpaired) electrons. The predicted octanol–water partition coefficient (Wildman–Crippen LogP) is 3.65. The summed E-state index contributed by atoms with van der Waals surface area (Å²) in [5.74, 6) is 0.826. The fourth-order valence-corrected chi connectivity index (χ4v) is 2.88. The number of ether oxygens (including phenoxy) is 1. The summed E-state index contributed by atoms with van der Waals surface area (Å²) in [6, 6.07) is 13.4. The van der Waals surface area contributed by atoms with Gasteiger partial charge in [0.2, 0.25) is 0 Å². The SMILES string of the molecule is CNC(Cc1cccc(F)c1)c1ccc2c(c1)CCCO2. The fourth-order valence-electron chi connectivity index (χ4n) is 2.88. The van der Waals surface area contributed by atoms with Crippen LogP contribution < -0.4 is 10.1 Å². The first kappa shape index (κ1) is 14.1. The molecule has 0 saturated heterocycles. The zero-order chi connectivity index (χ0) is 14.7. The van der Waals surface area contributed by atoms with Gasteiger partial charge in [-0.2, -0.15) is 0 Å². The highest BCUT2D eigenvalue weighted by Crippen LogP contribution is 2.29. The van der Waals surface area contributed by atoms with Gasteiger partial charge in [0, 0.05) is 6.04 Å². The Balaban J connectivity index is 1.82. The Kier molecular flexibility index (Phi) is 4.20. The van der Waals surface area contributed by atoms with E-state index in [-0.39, 0.29) is 11.9 Å². The van der Waals surface area contributed by atoms with Crippen LogP contribution in [-0.2, 0) is 12.8 Å². The average Bonchev–Trinajstić information content (AvgIpc) is 2.52. The van der Waals surface area contributed by atoms with Crippen molar-refractivity contribution in [3.63, 3.8) is 0 Å². The van der Waals surface area contributed by atoms with Gasteiger partial charge < -0.3 is 10.1 Å². The van der Waals surface area contributed by atoms with Crippen molar-refractivity contribution in [2.75, 3.05) is 13.7 Å². The molecule has 110 valence electrons. The molecular formula is C18H20FNO. The molecule has 1 unspecified atom stereocenters. The minimum Gasteiger partial charge on any atom is -0.493 e. The lowest BCUT2D eigenvalue weighted by Crippen LogP contribution is -2.19. The highest BCUT2D eigenvalue weighted by atomic mass is 19.1. The van der Waals surface area contributed by atoms with Gasteiger partial charge in [0.05, 0.1) is 6.61 Å². The van der Waals surface area contributed by atoms with E-state index in [1.165, 1.54) is 17.2 Å². The van der Waals surface area contributed by atoms with Gasteiger partial charge in [0.15, 0.2) is 0 Å². The number of likely N-dealkylation sites (N-methyl/N-ethyl adjacent to an activating group) is 1. The standard InChI is InChI=1S/C18H20FNO/c1-20-17(11-13-4-2-6-16(19)10-13)14-7-8-18-15(12-14)5-3-9-21-18/h2,4,6-8,10,12,17,20H,3,5,9,11H2,1H3. The van der Waals surface area contributed by atoms with Crippen molar-refractivity contribution in [1.29, 1.82) is 0 Å². The number of benzene rings is 2. The summed E-state index contributed by atoms with van der Waals surface area (Å²) >= 11 is 0. The van der Waals surface area contributed by atoms with E-state index in [1.54, 1.807) is 12.1 Å². The first-order chi connectivity index (χ1) is 10.3. The van der Waals surface area contributed by atoms with E-state index in [9.17, 15) is 4.39 Å². The van der Waals surface area contributed by atoms with Crippen LogP contribution >= 0.6 is 0 Å². The van der Waals surface area contributed by atoms with Gasteiger partial charge in [0.25, 0.3) is 0 Å². The van der Waals surface area contributed by atoms with Crippen molar-refractivity contribution in [3.8, 4) is 5.75 Å². The lowest BCUT2D eigenvalue weighted by atomic mass is 9.95. The fraction of sp³-hybridized carbons (Fsp3) is 0.333. The highest BCUT2D eigenvalue weighted by Gasteiger charge is 2.15. The monoisotopic (exact) mass is 285 g/mol. The van der Waals surface area contributed by atoms with E-state index in [2.05, 4.69) is 23.5 Å². The lowest BCUT2D eigenvalue weighted by Gasteiger charge is -2.22. The Morgan fingerprint density at radius 3 is 2.95 bits per heavy atom. The molecule has 0 aliphatic carbocycles. The van der Waals surface area contributed by atoms with Crippen molar-refractivity contribution in [2.45, 2.75) is 25.3 Å². The molecule has 0 bridgehead atoms. The van der Waals surface area contributed by atoms with Gasteiger partial charge in [-0.25, -0.2) is 4.39 Å². The van der Waals surface area contributed by atoms with Gasteiger partial charge in [-0.1, -0.05) is 24.3 Å². The van der Waals surface area contributed by atoms with Gasteiger partial charge >= 0.3 is 0 Å². The topological polar surface area (TPSA) is 21.3 Å². The summed E-state index contributed by atoms with van der Waals surface area (Å²) in [5, 5.41) is 3.33. The molecular weight excluding hydrogens is 265 g/mol. The van der Waals surface area contributed by atoms with E-state index in [4.69, 9.17) is 4.74 Å². The molecule has 2 nitrogen and oxygen atoms in total. The number of hydrogen-bond acceptors (Lipinski definition) is 2. The van der Waals surface area contributed by atoms with Crippen molar-refractivity contribution in [2.24, 2.45) is 0 Å². The number of nitrogens with one attached hydrogen (secondary N) is 1. The van der Waals surface area contributed by atoms with Gasteiger partial charge in [0.1, 0.15) is 11.6 Å². The minimum atomic E-state index is -0.179. The Bertz CT molecular complexity index is 626. The number of rotatable bonds is 4. The van der Waals surface area contributed by atoms with Gasteiger partial charge in [-0.3, -0.25) is 0 Å². The van der Waals surface area contributed by atoms with Crippen LogP contribution in [0.1, 0.15) is 29.2 Å². The quantitative estimate of drug-likeness (QED) is 0.925. The third-order valence-corrected chi connectivity index (χ3v) is 4.01. The third kappa shape index (κ3) is 3.24. The number of hydrogen-bond donors (Lipinski definition) is 1. The first-order valence-electron chi connectivity index (χ1n) is 7.43. The Morgan fingerprint density at radius 2 is 2.14 bits per heavy atom. The maximum atomic E-state index is 13.3. The molecule has 2 aromatic rings. The second-order valence-electron chi connectivity index (χ2n) is 5.49. The maximum absolute atomic E-state index is 13.3. The molecule has 0 saturated carbocycles. The molecule has 1 N–H and O–H groups in total. The predicted molar refractivity (Wildman–Crippen MR) is 82.2 cm³/mol. The van der Waals surface area contributed by atoms with Crippen LogP contribution in [0.25, 0.3) is 0 Å². The van der Waals surface area contributed by atoms with E-state index < -0.39 is 0 Å². The molecule has 1 heterocycles. The molecule has 0 fully saturated rings. The number of fused-ring (bicyclic) bond motifs is 1. The Labute approximate surface area is 125 Å². The summed E-state index contributed by atoms with van der Waals surface area (Å²) < 4.78 is 19.0. The van der Waals surface area contributed by atoms with Crippen molar-refractivity contribution < 1.29 is 9.13 Å². The highest BCUT2D eigenvalue weighted by molar-refractivity contribution is 5.40. The minimum absolute atomic E-state index is 0.179. The molecule has 3 rings (SSSR count). The summed E-state index contributed by atoms with van der Waals surface area (Å²) in [6.45, 7) is 0.811. The molecule has 0 amide bonds. The van der Waals surface area contributed by atoms with Crippen molar-refractivity contribution in [3.05, 3.63) is 65.0 Å². The largest absolute Gasteiger partial charge is 0.493 e. The van der Waals surface area contributed by atoms with Crippen LogP contribution in [0.15, 0.2) is 42.5 Å². The number of aryl methyl sites for hydroxylation is 1. The normalized spacial score (nSPS) is 15.1. The summed E-state index contributed by atoms with van der Waals surface area (Å²) in [5.41, 5.74) is 3.51. The van der Waals surface area contributed by atoms with Crippen LogP contribution in [0.4, 0.5) is 4.39 Å². The Morgan fingerprint density at radius 1 is 1.24 bits per heavy atom. The van der Waals surface area contributed by atoms with E-state index in [0.29, 0.717) is 0 Å².